The molecule has 1 atom stereocenters. The molecule has 0 saturated carbocycles. The van der Waals surface area contributed by atoms with Gasteiger partial charge in [-0.2, -0.15) is 0 Å². The highest BCUT2D eigenvalue weighted by Crippen LogP contribution is 2.29. The molecule has 1 aromatic heterocycles. The summed E-state index contributed by atoms with van der Waals surface area (Å²) in [6.07, 6.45) is 2.88. The third-order valence-electron chi connectivity index (χ3n) is 3.12. The predicted molar refractivity (Wildman–Crippen MR) is 71.8 cm³/mol. The van der Waals surface area contributed by atoms with Crippen LogP contribution in [0.1, 0.15) is 24.8 Å². The van der Waals surface area contributed by atoms with Crippen LogP contribution in [0.15, 0.2) is 48.7 Å². The van der Waals surface area contributed by atoms with Crippen molar-refractivity contribution in [2.24, 2.45) is 5.73 Å². The third kappa shape index (κ3) is 2.53. The number of rotatable bonds is 4. The van der Waals surface area contributed by atoms with Crippen LogP contribution in [0.2, 0.25) is 0 Å². The Labute approximate surface area is 103 Å². The molecule has 2 aromatic rings. The van der Waals surface area contributed by atoms with Crippen molar-refractivity contribution in [3.8, 4) is 11.3 Å². The molecule has 88 valence electrons. The first-order valence-corrected chi connectivity index (χ1v) is 6.07. The fourth-order valence-electron chi connectivity index (χ4n) is 2.12. The van der Waals surface area contributed by atoms with Gasteiger partial charge in [0.25, 0.3) is 0 Å². The molecule has 0 aliphatic heterocycles. The molecule has 0 aliphatic carbocycles. The van der Waals surface area contributed by atoms with Gasteiger partial charge in [0.05, 0.1) is 5.69 Å². The smallest absolute Gasteiger partial charge is 0.0704 e. The highest BCUT2D eigenvalue weighted by molar-refractivity contribution is 5.64. The minimum atomic E-state index is 0.410. The van der Waals surface area contributed by atoms with Crippen molar-refractivity contribution < 1.29 is 0 Å². The van der Waals surface area contributed by atoms with Gasteiger partial charge in [0.2, 0.25) is 0 Å². The van der Waals surface area contributed by atoms with Crippen LogP contribution in [0.3, 0.4) is 0 Å². The van der Waals surface area contributed by atoms with Crippen LogP contribution in [-0.2, 0) is 0 Å². The lowest BCUT2D eigenvalue weighted by molar-refractivity contribution is 0.675. The molecule has 17 heavy (non-hydrogen) atoms. The Morgan fingerprint density at radius 2 is 1.88 bits per heavy atom. The van der Waals surface area contributed by atoms with Gasteiger partial charge in [0, 0.05) is 11.8 Å². The molecule has 0 bridgehead atoms. The van der Waals surface area contributed by atoms with Gasteiger partial charge in [-0.15, -0.1) is 0 Å². The molecule has 2 heteroatoms. The van der Waals surface area contributed by atoms with E-state index >= 15 is 0 Å². The number of hydrogen-bond acceptors (Lipinski definition) is 2. The molecule has 1 heterocycles. The summed E-state index contributed by atoms with van der Waals surface area (Å²) < 4.78 is 0. The summed E-state index contributed by atoms with van der Waals surface area (Å²) in [5, 5.41) is 0. The van der Waals surface area contributed by atoms with E-state index in [1.807, 2.05) is 24.4 Å². The molecule has 2 nitrogen and oxygen atoms in total. The molecule has 0 fully saturated rings. The number of aromatic nitrogens is 1. The second-order valence-electron chi connectivity index (χ2n) is 4.14. The van der Waals surface area contributed by atoms with Gasteiger partial charge in [-0.1, -0.05) is 37.3 Å². The minimum absolute atomic E-state index is 0.410. The quantitative estimate of drug-likeness (QED) is 0.869. The van der Waals surface area contributed by atoms with Crippen LogP contribution in [-0.4, -0.2) is 11.5 Å². The summed E-state index contributed by atoms with van der Waals surface area (Å²) in [7, 11) is 0. The van der Waals surface area contributed by atoms with E-state index in [0.717, 1.165) is 12.1 Å². The second-order valence-corrected chi connectivity index (χ2v) is 4.14. The van der Waals surface area contributed by atoms with E-state index in [4.69, 9.17) is 5.73 Å². The highest BCUT2D eigenvalue weighted by atomic mass is 14.7. The van der Waals surface area contributed by atoms with Gasteiger partial charge in [-0.25, -0.2) is 0 Å². The van der Waals surface area contributed by atoms with Gasteiger partial charge < -0.3 is 5.73 Å². The van der Waals surface area contributed by atoms with E-state index < -0.39 is 0 Å². The van der Waals surface area contributed by atoms with E-state index in [9.17, 15) is 0 Å². The van der Waals surface area contributed by atoms with Gasteiger partial charge in [0.15, 0.2) is 0 Å². The number of hydrogen-bond donors (Lipinski definition) is 1. The molecule has 0 amide bonds. The normalized spacial score (nSPS) is 12.4. The lowest BCUT2D eigenvalue weighted by Crippen LogP contribution is -2.12. The summed E-state index contributed by atoms with van der Waals surface area (Å²) in [4.78, 5) is 4.42. The zero-order valence-corrected chi connectivity index (χ0v) is 10.1. The van der Waals surface area contributed by atoms with Crippen molar-refractivity contribution in [2.75, 3.05) is 6.54 Å². The van der Waals surface area contributed by atoms with Crippen LogP contribution in [0.25, 0.3) is 11.3 Å². The summed E-state index contributed by atoms with van der Waals surface area (Å²) >= 11 is 0. The van der Waals surface area contributed by atoms with Crippen LogP contribution in [0.5, 0.6) is 0 Å². The number of pyridine rings is 1. The van der Waals surface area contributed by atoms with E-state index in [1.165, 1.54) is 11.1 Å². The monoisotopic (exact) mass is 226 g/mol. The first-order valence-electron chi connectivity index (χ1n) is 6.07. The molecule has 0 radical (unpaired) electrons. The van der Waals surface area contributed by atoms with Crippen molar-refractivity contribution in [3.05, 3.63) is 54.2 Å². The molecule has 2 rings (SSSR count). The Kier molecular flexibility index (Phi) is 3.89. The number of benzene rings is 1. The van der Waals surface area contributed by atoms with E-state index in [-0.39, 0.29) is 0 Å². The van der Waals surface area contributed by atoms with Gasteiger partial charge in [-0.3, -0.25) is 4.98 Å². The summed E-state index contributed by atoms with van der Waals surface area (Å²) in [5.74, 6) is 0.410. The molecule has 0 aliphatic rings. The van der Waals surface area contributed by atoms with Gasteiger partial charge in [-0.05, 0) is 36.6 Å². The molecule has 1 aromatic carbocycles. The lowest BCUT2D eigenvalue weighted by Gasteiger charge is -2.16. The highest BCUT2D eigenvalue weighted by Gasteiger charge is 2.13. The topological polar surface area (TPSA) is 38.9 Å². The third-order valence-corrected chi connectivity index (χ3v) is 3.12. The predicted octanol–water partition coefficient (Wildman–Crippen LogP) is 3.20. The van der Waals surface area contributed by atoms with Crippen LogP contribution in [0, 0.1) is 0 Å². The Morgan fingerprint density at radius 1 is 1.12 bits per heavy atom. The number of nitrogens with zero attached hydrogens (tertiary/aromatic N) is 1. The summed E-state index contributed by atoms with van der Waals surface area (Å²) in [6, 6.07) is 14.4. The SMILES string of the molecule is CC[C@H](CN)c1ccccc1-c1ccccn1. The van der Waals surface area contributed by atoms with E-state index in [2.05, 4.69) is 36.2 Å². The molecular weight excluding hydrogens is 208 g/mol. The minimum Gasteiger partial charge on any atom is -0.330 e. The van der Waals surface area contributed by atoms with Crippen molar-refractivity contribution in [3.63, 3.8) is 0 Å². The molecule has 2 N–H and O–H groups in total. The fraction of sp³-hybridized carbons (Fsp3) is 0.267. The first kappa shape index (κ1) is 11.8. The Bertz CT molecular complexity index is 461. The maximum atomic E-state index is 5.84. The fourth-order valence-corrected chi connectivity index (χ4v) is 2.12. The summed E-state index contributed by atoms with van der Waals surface area (Å²) in [5.41, 5.74) is 9.37. The Hall–Kier alpha value is -1.67. The maximum Gasteiger partial charge on any atom is 0.0704 e. The first-order chi connectivity index (χ1) is 8.36. The van der Waals surface area contributed by atoms with E-state index in [0.29, 0.717) is 12.5 Å². The average molecular weight is 226 g/mol. The largest absolute Gasteiger partial charge is 0.330 e. The molecule has 0 saturated heterocycles. The van der Waals surface area contributed by atoms with Crippen molar-refractivity contribution in [1.29, 1.82) is 0 Å². The molecule has 0 unspecified atom stereocenters. The zero-order valence-electron chi connectivity index (χ0n) is 10.1. The van der Waals surface area contributed by atoms with Crippen molar-refractivity contribution >= 4 is 0 Å². The summed E-state index contributed by atoms with van der Waals surface area (Å²) in [6.45, 7) is 2.85. The van der Waals surface area contributed by atoms with E-state index in [1.54, 1.807) is 0 Å². The zero-order chi connectivity index (χ0) is 12.1. The van der Waals surface area contributed by atoms with Crippen LogP contribution >= 0.6 is 0 Å². The van der Waals surface area contributed by atoms with Crippen molar-refractivity contribution in [2.45, 2.75) is 19.3 Å². The lowest BCUT2D eigenvalue weighted by atomic mass is 9.91. The average Bonchev–Trinajstić information content (AvgIpc) is 2.42. The molecular formula is C15H18N2. The Morgan fingerprint density at radius 3 is 2.53 bits per heavy atom. The Balaban J connectivity index is 2.48. The van der Waals surface area contributed by atoms with Gasteiger partial charge >= 0.3 is 0 Å². The second kappa shape index (κ2) is 5.60. The van der Waals surface area contributed by atoms with Crippen molar-refractivity contribution in [1.82, 2.24) is 4.98 Å². The standard InChI is InChI=1S/C15H18N2/c1-2-12(11-16)13-7-3-4-8-14(13)15-9-5-6-10-17-15/h3-10,12H,2,11,16H2,1H3/t12-/m1/s1. The molecule has 0 spiro atoms. The number of nitrogens with two attached hydrogens (primary N) is 1. The van der Waals surface area contributed by atoms with Crippen LogP contribution in [0.4, 0.5) is 0 Å². The maximum absolute atomic E-state index is 5.84. The van der Waals surface area contributed by atoms with Crippen LogP contribution < -0.4 is 5.73 Å². The van der Waals surface area contributed by atoms with Gasteiger partial charge in [0.1, 0.15) is 0 Å².